The minimum absolute atomic E-state index is 0. The van der Waals surface area contributed by atoms with Gasteiger partial charge in [-0.25, -0.2) is 4.84 Å². The molecule has 0 bridgehead atoms. The zero-order valence-corrected chi connectivity index (χ0v) is 13.8. The van der Waals surface area contributed by atoms with Gasteiger partial charge in [0.25, 0.3) is 0 Å². The lowest BCUT2D eigenvalue weighted by Crippen LogP contribution is -3.00. The van der Waals surface area contributed by atoms with Crippen molar-refractivity contribution in [1.29, 1.82) is 0 Å². The second-order valence-electron chi connectivity index (χ2n) is 5.66. The maximum absolute atomic E-state index is 5.36. The van der Waals surface area contributed by atoms with Gasteiger partial charge < -0.3 is 12.4 Å². The van der Waals surface area contributed by atoms with Gasteiger partial charge in [-0.15, -0.1) is 0 Å². The lowest BCUT2D eigenvalue weighted by atomic mass is 10.1. The average Bonchev–Trinajstić information content (AvgIpc) is 2.31. The highest BCUT2D eigenvalue weighted by Crippen LogP contribution is 2.11. The normalized spacial score (nSPS) is 11.3. The fourth-order valence-electron chi connectivity index (χ4n) is 2.07. The third kappa shape index (κ3) is 14.3. The smallest absolute Gasteiger partial charge is 0.108 e. The van der Waals surface area contributed by atoms with Gasteiger partial charge in [-0.2, -0.15) is 4.65 Å². The van der Waals surface area contributed by atoms with Crippen LogP contribution in [0.25, 0.3) is 0 Å². The van der Waals surface area contributed by atoms with E-state index in [-0.39, 0.29) is 12.4 Å². The van der Waals surface area contributed by atoms with Crippen molar-refractivity contribution in [2.24, 2.45) is 0 Å². The van der Waals surface area contributed by atoms with Crippen LogP contribution in [0, 0.1) is 0 Å². The third-order valence-electron chi connectivity index (χ3n) is 3.54. The Morgan fingerprint density at radius 2 is 1.11 bits per heavy atom. The summed E-state index contributed by atoms with van der Waals surface area (Å²) in [6.45, 7) is 3.41. The number of hydrogen-bond acceptors (Lipinski definition) is 1. The van der Waals surface area contributed by atoms with Crippen molar-refractivity contribution in [1.82, 2.24) is 0 Å². The van der Waals surface area contributed by atoms with Crippen molar-refractivity contribution in [2.75, 3.05) is 27.7 Å². The van der Waals surface area contributed by atoms with Gasteiger partial charge in [-0.1, -0.05) is 58.3 Å². The molecule has 0 atom stereocenters. The minimum Gasteiger partial charge on any atom is -1.00 e. The molecule has 112 valence electrons. The van der Waals surface area contributed by atoms with Crippen molar-refractivity contribution in [2.45, 2.75) is 71.1 Å². The van der Waals surface area contributed by atoms with Gasteiger partial charge in [-0.05, 0) is 12.8 Å². The topological polar surface area (TPSA) is 9.23 Å². The Morgan fingerprint density at radius 3 is 1.50 bits per heavy atom. The van der Waals surface area contributed by atoms with Crippen LogP contribution in [0.3, 0.4) is 0 Å². The molecule has 0 aromatic heterocycles. The number of halogens is 1. The summed E-state index contributed by atoms with van der Waals surface area (Å²) in [5.74, 6) is 0. The Morgan fingerprint density at radius 1 is 0.722 bits per heavy atom. The lowest BCUT2D eigenvalue weighted by Gasteiger charge is -2.24. The summed E-state index contributed by atoms with van der Waals surface area (Å²) >= 11 is 0. The highest BCUT2D eigenvalue weighted by Gasteiger charge is 2.12. The molecule has 18 heavy (non-hydrogen) atoms. The van der Waals surface area contributed by atoms with E-state index in [4.69, 9.17) is 4.84 Å². The van der Waals surface area contributed by atoms with E-state index in [0.717, 1.165) is 6.54 Å². The van der Waals surface area contributed by atoms with Crippen molar-refractivity contribution in [3.8, 4) is 0 Å². The minimum atomic E-state index is 0. The molecule has 0 aliphatic rings. The molecule has 0 radical (unpaired) electrons. The van der Waals surface area contributed by atoms with Gasteiger partial charge >= 0.3 is 0 Å². The van der Waals surface area contributed by atoms with E-state index in [2.05, 4.69) is 21.0 Å². The largest absolute Gasteiger partial charge is 1.00 e. The Labute approximate surface area is 121 Å². The molecule has 0 fully saturated rings. The molecule has 0 amide bonds. The van der Waals surface area contributed by atoms with Gasteiger partial charge in [-0.3, -0.25) is 0 Å². The summed E-state index contributed by atoms with van der Waals surface area (Å²) in [7, 11) is 6.03. The summed E-state index contributed by atoms with van der Waals surface area (Å²) < 4.78 is 0.691. The zero-order chi connectivity index (χ0) is 13.0. The first-order valence-corrected chi connectivity index (χ1v) is 7.51. The SMILES string of the molecule is CCCCCCCCCCCC[N+](C)(C)OC.[Cl-]. The lowest BCUT2D eigenvalue weighted by molar-refractivity contribution is -1.07. The van der Waals surface area contributed by atoms with Crippen LogP contribution < -0.4 is 12.4 Å². The van der Waals surface area contributed by atoms with Crippen LogP contribution in [0.2, 0.25) is 0 Å². The number of hydroxylamine groups is 3. The van der Waals surface area contributed by atoms with Gasteiger partial charge in [0.2, 0.25) is 0 Å². The zero-order valence-electron chi connectivity index (χ0n) is 13.0. The Hall–Kier alpha value is 0.210. The maximum Gasteiger partial charge on any atom is 0.108 e. The highest BCUT2D eigenvalue weighted by atomic mass is 35.5. The second-order valence-corrected chi connectivity index (χ2v) is 5.66. The van der Waals surface area contributed by atoms with Crippen LogP contribution in [-0.4, -0.2) is 32.4 Å². The number of nitrogens with zero attached hydrogens (tertiary/aromatic N) is 1. The molecule has 0 spiro atoms. The van der Waals surface area contributed by atoms with Crippen LogP contribution in [0.1, 0.15) is 71.1 Å². The second kappa shape index (κ2) is 13.6. The van der Waals surface area contributed by atoms with Crippen LogP contribution >= 0.6 is 0 Å². The van der Waals surface area contributed by atoms with Crippen molar-refractivity contribution in [3.05, 3.63) is 0 Å². The standard InChI is InChI=1S/C15H34NO.ClH/c1-5-6-7-8-9-10-11-12-13-14-15-16(2,3)17-4;/h5-15H2,1-4H3;1H/q+1;/p-1. The van der Waals surface area contributed by atoms with E-state index in [9.17, 15) is 0 Å². The number of quaternary nitrogens is 1. The van der Waals surface area contributed by atoms with E-state index in [1.54, 1.807) is 7.11 Å². The fraction of sp³-hybridized carbons (Fsp3) is 1.00. The summed E-state index contributed by atoms with van der Waals surface area (Å²) in [5, 5.41) is 0. The molecule has 3 heteroatoms. The molecule has 0 unspecified atom stereocenters. The average molecular weight is 280 g/mol. The molecular weight excluding hydrogens is 246 g/mol. The van der Waals surface area contributed by atoms with Crippen LogP contribution in [0.4, 0.5) is 0 Å². The molecule has 0 aliphatic heterocycles. The molecule has 0 aliphatic carbocycles. The van der Waals surface area contributed by atoms with E-state index in [1.807, 2.05) is 0 Å². The fourth-order valence-corrected chi connectivity index (χ4v) is 2.07. The van der Waals surface area contributed by atoms with Crippen molar-refractivity contribution in [3.63, 3.8) is 0 Å². The number of rotatable bonds is 12. The van der Waals surface area contributed by atoms with Crippen molar-refractivity contribution >= 4 is 0 Å². The Kier molecular flexibility index (Phi) is 15.6. The highest BCUT2D eigenvalue weighted by molar-refractivity contribution is 4.47. The molecule has 0 rings (SSSR count). The maximum atomic E-state index is 5.36. The quantitative estimate of drug-likeness (QED) is 0.299. The van der Waals surface area contributed by atoms with Crippen LogP contribution in [-0.2, 0) is 4.84 Å². The van der Waals surface area contributed by atoms with E-state index in [1.165, 1.54) is 64.2 Å². The molecule has 0 aromatic carbocycles. The summed E-state index contributed by atoms with van der Waals surface area (Å²) in [6, 6.07) is 0. The van der Waals surface area contributed by atoms with Gasteiger partial charge in [0.15, 0.2) is 0 Å². The third-order valence-corrected chi connectivity index (χ3v) is 3.54. The van der Waals surface area contributed by atoms with Gasteiger partial charge in [0.05, 0.1) is 21.2 Å². The van der Waals surface area contributed by atoms with Gasteiger partial charge in [0.1, 0.15) is 6.54 Å². The molecule has 0 heterocycles. The monoisotopic (exact) mass is 279 g/mol. The van der Waals surface area contributed by atoms with E-state index in [0.29, 0.717) is 4.65 Å². The molecule has 2 nitrogen and oxygen atoms in total. The first-order chi connectivity index (χ1) is 8.12. The Balaban J connectivity index is 0. The number of hydrogen-bond donors (Lipinski definition) is 0. The predicted octanol–water partition coefficient (Wildman–Crippen LogP) is 1.55. The summed E-state index contributed by atoms with van der Waals surface area (Å²) in [4.78, 5) is 5.36. The first kappa shape index (κ1) is 20.5. The summed E-state index contributed by atoms with van der Waals surface area (Å²) in [5.41, 5.74) is 0. The van der Waals surface area contributed by atoms with E-state index < -0.39 is 0 Å². The molecular formula is C15H34ClNO. The van der Waals surface area contributed by atoms with Crippen molar-refractivity contribution < 1.29 is 21.9 Å². The Bertz CT molecular complexity index is 163. The molecule has 0 N–H and O–H groups in total. The van der Waals surface area contributed by atoms with E-state index >= 15 is 0 Å². The predicted molar refractivity (Wildman–Crippen MR) is 75.8 cm³/mol. The summed E-state index contributed by atoms with van der Waals surface area (Å²) in [6.07, 6.45) is 14.0. The number of unbranched alkanes of at least 4 members (excludes halogenated alkanes) is 9. The molecule has 0 aromatic rings. The first-order valence-electron chi connectivity index (χ1n) is 7.51. The van der Waals surface area contributed by atoms with Crippen LogP contribution in [0.5, 0.6) is 0 Å². The molecule has 0 saturated heterocycles. The van der Waals surface area contributed by atoms with Crippen LogP contribution in [0.15, 0.2) is 0 Å². The van der Waals surface area contributed by atoms with Gasteiger partial charge in [0, 0.05) is 0 Å². The molecule has 0 saturated carbocycles.